The van der Waals surface area contributed by atoms with Crippen LogP contribution in [-0.4, -0.2) is 19.0 Å². The third-order valence-electron chi connectivity index (χ3n) is 3.22. The largest absolute Gasteiger partial charge is 0.354 e. The van der Waals surface area contributed by atoms with Crippen molar-refractivity contribution in [1.29, 1.82) is 5.26 Å². The summed E-state index contributed by atoms with van der Waals surface area (Å²) in [5.41, 5.74) is 4.66. The molecule has 0 aliphatic carbocycles. The lowest BCUT2D eigenvalue weighted by Gasteiger charge is -2.29. The van der Waals surface area contributed by atoms with Crippen molar-refractivity contribution < 1.29 is 4.79 Å². The lowest BCUT2D eigenvalue weighted by molar-refractivity contribution is -0.131. The molecule has 0 aliphatic rings. The molecule has 0 bridgehead atoms. The molecule has 3 N–H and O–H groups in total. The first-order valence-electron chi connectivity index (χ1n) is 5.77. The number of carbonyl (C=O) groups excluding carboxylic acids is 1. The van der Waals surface area contributed by atoms with E-state index in [1.165, 1.54) is 0 Å². The van der Waals surface area contributed by atoms with Crippen molar-refractivity contribution in [2.75, 3.05) is 13.1 Å². The molecular weight excluding hydrogens is 202 g/mol. The van der Waals surface area contributed by atoms with Crippen molar-refractivity contribution in [3.63, 3.8) is 0 Å². The topological polar surface area (TPSA) is 78.9 Å². The third kappa shape index (κ3) is 3.49. The lowest BCUT2D eigenvalue weighted by atomic mass is 9.81. The number of hydrogen-bond donors (Lipinski definition) is 2. The van der Waals surface area contributed by atoms with Gasteiger partial charge in [0.05, 0.1) is 16.9 Å². The number of nitrogens with zero attached hydrogens (tertiary/aromatic N) is 1. The van der Waals surface area contributed by atoms with E-state index in [4.69, 9.17) is 11.0 Å². The lowest BCUT2D eigenvalue weighted by Crippen LogP contribution is -2.47. The van der Waals surface area contributed by atoms with E-state index in [0.29, 0.717) is 13.1 Å². The zero-order valence-electron chi connectivity index (χ0n) is 10.8. The van der Waals surface area contributed by atoms with Gasteiger partial charge in [-0.3, -0.25) is 4.79 Å². The Kier molecular flexibility index (Phi) is 5.46. The summed E-state index contributed by atoms with van der Waals surface area (Å²) in [7, 11) is 0. The van der Waals surface area contributed by atoms with E-state index in [0.717, 1.165) is 12.8 Å². The Labute approximate surface area is 98.2 Å². The summed E-state index contributed by atoms with van der Waals surface area (Å²) in [6.45, 7) is 8.24. The average molecular weight is 225 g/mol. The molecule has 16 heavy (non-hydrogen) atoms. The molecule has 0 radical (unpaired) electrons. The summed E-state index contributed by atoms with van der Waals surface area (Å²) in [6, 6.07) is 2.16. The zero-order valence-corrected chi connectivity index (χ0v) is 10.8. The Hall–Kier alpha value is -1.08. The number of rotatable bonds is 6. The Bertz CT molecular complexity index is 266. The van der Waals surface area contributed by atoms with Gasteiger partial charge in [-0.2, -0.15) is 5.26 Å². The molecule has 0 aromatic carbocycles. The average Bonchev–Trinajstić information content (AvgIpc) is 2.29. The van der Waals surface area contributed by atoms with Crippen LogP contribution in [0, 0.1) is 22.2 Å². The van der Waals surface area contributed by atoms with Crippen molar-refractivity contribution >= 4 is 5.91 Å². The molecule has 1 amide bonds. The van der Waals surface area contributed by atoms with Gasteiger partial charge in [-0.15, -0.1) is 0 Å². The first kappa shape index (κ1) is 14.9. The molecule has 92 valence electrons. The number of amides is 1. The van der Waals surface area contributed by atoms with Crippen molar-refractivity contribution in [3.05, 3.63) is 0 Å². The number of nitriles is 1. The van der Waals surface area contributed by atoms with Crippen LogP contribution in [0.25, 0.3) is 0 Å². The fraction of sp³-hybridized carbons (Fsp3) is 0.833. The van der Waals surface area contributed by atoms with Gasteiger partial charge in [-0.1, -0.05) is 13.8 Å². The summed E-state index contributed by atoms with van der Waals surface area (Å²) in [4.78, 5) is 12.0. The van der Waals surface area contributed by atoms with Gasteiger partial charge in [0.1, 0.15) is 0 Å². The molecule has 4 nitrogen and oxygen atoms in total. The second-order valence-corrected chi connectivity index (χ2v) is 4.87. The highest BCUT2D eigenvalue weighted by atomic mass is 16.2. The molecule has 0 aromatic heterocycles. The van der Waals surface area contributed by atoms with E-state index >= 15 is 0 Å². The minimum absolute atomic E-state index is 0.0386. The first-order valence-corrected chi connectivity index (χ1v) is 5.77. The zero-order chi connectivity index (χ0) is 12.8. The molecule has 0 aliphatic heterocycles. The molecule has 0 spiro atoms. The molecule has 0 atom stereocenters. The van der Waals surface area contributed by atoms with Crippen LogP contribution in [0.2, 0.25) is 0 Å². The van der Waals surface area contributed by atoms with E-state index in [-0.39, 0.29) is 5.91 Å². The van der Waals surface area contributed by atoms with Gasteiger partial charge in [-0.05, 0) is 26.7 Å². The second kappa shape index (κ2) is 5.86. The fourth-order valence-electron chi connectivity index (χ4n) is 1.48. The normalized spacial score (nSPS) is 12.0. The van der Waals surface area contributed by atoms with E-state index in [9.17, 15) is 4.79 Å². The molecule has 0 heterocycles. The van der Waals surface area contributed by atoms with Gasteiger partial charge in [0.15, 0.2) is 0 Å². The molecule has 0 saturated carbocycles. The quantitative estimate of drug-likeness (QED) is 0.717. The maximum absolute atomic E-state index is 12.0. The van der Waals surface area contributed by atoms with Crippen LogP contribution in [0.1, 0.15) is 40.5 Å². The molecule has 0 unspecified atom stereocenters. The van der Waals surface area contributed by atoms with Gasteiger partial charge >= 0.3 is 0 Å². The van der Waals surface area contributed by atoms with Crippen LogP contribution in [0.15, 0.2) is 0 Å². The molecule has 0 rings (SSSR count). The fourth-order valence-corrected chi connectivity index (χ4v) is 1.48. The van der Waals surface area contributed by atoms with Crippen LogP contribution in [0.3, 0.4) is 0 Å². The highest BCUT2D eigenvalue weighted by Crippen LogP contribution is 2.25. The van der Waals surface area contributed by atoms with Gasteiger partial charge < -0.3 is 11.1 Å². The number of hydrogen-bond acceptors (Lipinski definition) is 3. The minimum Gasteiger partial charge on any atom is -0.354 e. The molecule has 0 fully saturated rings. The van der Waals surface area contributed by atoms with E-state index in [1.54, 1.807) is 13.8 Å². The van der Waals surface area contributed by atoms with Gasteiger partial charge in [-0.25, -0.2) is 0 Å². The Balaban J connectivity index is 4.52. The minimum atomic E-state index is -0.530. The summed E-state index contributed by atoms with van der Waals surface area (Å²) >= 11 is 0. The van der Waals surface area contributed by atoms with Crippen LogP contribution < -0.4 is 11.1 Å². The van der Waals surface area contributed by atoms with Crippen LogP contribution >= 0.6 is 0 Å². The molecule has 0 aromatic rings. The summed E-state index contributed by atoms with van der Waals surface area (Å²) in [5.74, 6) is -0.0386. The van der Waals surface area contributed by atoms with E-state index in [1.807, 2.05) is 13.8 Å². The smallest absolute Gasteiger partial charge is 0.227 e. The molecule has 4 heteroatoms. The Morgan fingerprint density at radius 1 is 1.38 bits per heavy atom. The first-order chi connectivity index (χ1) is 7.37. The number of carbonyl (C=O) groups is 1. The van der Waals surface area contributed by atoms with Crippen molar-refractivity contribution in [1.82, 2.24) is 5.32 Å². The maximum Gasteiger partial charge on any atom is 0.227 e. The highest BCUT2D eigenvalue weighted by Gasteiger charge is 2.34. The maximum atomic E-state index is 12.0. The van der Waals surface area contributed by atoms with E-state index < -0.39 is 10.8 Å². The molecule has 0 saturated heterocycles. The summed E-state index contributed by atoms with van der Waals surface area (Å²) < 4.78 is 0. The Morgan fingerprint density at radius 3 is 2.19 bits per heavy atom. The second-order valence-electron chi connectivity index (χ2n) is 4.87. The van der Waals surface area contributed by atoms with Crippen LogP contribution in [0.5, 0.6) is 0 Å². The summed E-state index contributed by atoms with van der Waals surface area (Å²) in [6.07, 6.45) is 1.44. The van der Waals surface area contributed by atoms with E-state index in [2.05, 4.69) is 11.4 Å². The standard InChI is InChI=1S/C12H23N3O/c1-5-12(6-2,8-14)10(16)15-9-11(3,4)7-13/h5-6,8-9,14H2,1-4H3,(H,15,16). The third-order valence-corrected chi connectivity index (χ3v) is 3.22. The van der Waals surface area contributed by atoms with Crippen molar-refractivity contribution in [2.24, 2.45) is 16.6 Å². The predicted molar refractivity (Wildman–Crippen MR) is 64.5 cm³/mol. The Morgan fingerprint density at radius 2 is 1.88 bits per heavy atom. The van der Waals surface area contributed by atoms with Crippen LogP contribution in [-0.2, 0) is 4.79 Å². The molecular formula is C12H23N3O. The predicted octanol–water partition coefficient (Wildman–Crippen LogP) is 1.42. The number of nitrogens with one attached hydrogen (secondary N) is 1. The van der Waals surface area contributed by atoms with Crippen molar-refractivity contribution in [3.8, 4) is 6.07 Å². The van der Waals surface area contributed by atoms with Gasteiger partial charge in [0, 0.05) is 13.1 Å². The SMILES string of the molecule is CCC(CC)(CN)C(=O)NCC(C)(C)C#N. The van der Waals surface area contributed by atoms with Gasteiger partial charge in [0.25, 0.3) is 0 Å². The van der Waals surface area contributed by atoms with Crippen molar-refractivity contribution in [2.45, 2.75) is 40.5 Å². The summed E-state index contributed by atoms with van der Waals surface area (Å²) in [5, 5.41) is 11.7. The monoisotopic (exact) mass is 225 g/mol. The number of nitrogens with two attached hydrogens (primary N) is 1. The van der Waals surface area contributed by atoms with Gasteiger partial charge in [0.2, 0.25) is 5.91 Å². The van der Waals surface area contributed by atoms with Crippen LogP contribution in [0.4, 0.5) is 0 Å². The highest BCUT2D eigenvalue weighted by molar-refractivity contribution is 5.82.